The summed E-state index contributed by atoms with van der Waals surface area (Å²) in [7, 11) is 0. The van der Waals surface area contributed by atoms with Gasteiger partial charge in [-0.3, -0.25) is 0 Å². The molecule has 2 nitrogen and oxygen atoms in total. The van der Waals surface area contributed by atoms with Crippen LogP contribution in [0.3, 0.4) is 0 Å². The van der Waals surface area contributed by atoms with Crippen molar-refractivity contribution in [3.8, 4) is 0 Å². The van der Waals surface area contributed by atoms with E-state index in [2.05, 4.69) is 132 Å². The summed E-state index contributed by atoms with van der Waals surface area (Å²) in [5, 5.41) is 0. The first-order valence-corrected chi connectivity index (χ1v) is 13.2. The summed E-state index contributed by atoms with van der Waals surface area (Å²) in [5.41, 5.74) is 7.55. The summed E-state index contributed by atoms with van der Waals surface area (Å²) in [4.78, 5) is 2.67. The quantitative estimate of drug-likeness (QED) is 0.264. The Balaban J connectivity index is 1.64. The molecule has 164 valence electrons. The fourth-order valence-corrected chi connectivity index (χ4v) is 8.58. The molecule has 3 heterocycles. The molecule has 34 heavy (non-hydrogen) atoms. The third kappa shape index (κ3) is 2.79. The van der Waals surface area contributed by atoms with E-state index in [9.17, 15) is 0 Å². The van der Waals surface area contributed by atoms with Gasteiger partial charge in [-0.05, 0) is 29.3 Å². The van der Waals surface area contributed by atoms with Crippen molar-refractivity contribution >= 4 is 47.3 Å². The van der Waals surface area contributed by atoms with Gasteiger partial charge in [0.05, 0.1) is 11.1 Å². The van der Waals surface area contributed by atoms with E-state index in [1.807, 2.05) is 23.5 Å². The van der Waals surface area contributed by atoms with Crippen LogP contribution in [0.1, 0.15) is 36.1 Å². The Morgan fingerprint density at radius 3 is 2.18 bits per heavy atom. The van der Waals surface area contributed by atoms with E-state index < -0.39 is 4.33 Å². The van der Waals surface area contributed by atoms with Crippen molar-refractivity contribution < 1.29 is 9.15 Å². The van der Waals surface area contributed by atoms with Gasteiger partial charge in [0.2, 0.25) is 11.4 Å². The molecular formula is C30H24N2S2+2. The van der Waals surface area contributed by atoms with Crippen LogP contribution < -0.4 is 0 Å². The molecular weight excluding hydrogens is 452 g/mol. The van der Waals surface area contributed by atoms with Crippen LogP contribution in [0.15, 0.2) is 107 Å². The lowest BCUT2D eigenvalue weighted by Crippen LogP contribution is -2.47. The highest BCUT2D eigenvalue weighted by atomic mass is 32.2. The average molecular weight is 477 g/mol. The fraction of sp³-hybridized carbons (Fsp3) is 0.133. The number of thioether (sulfide) groups is 2. The Labute approximate surface area is 208 Å². The SMILES string of the molecule is CC1(C)c2cccc(c2)[N+]2=Cc3ccccc3SC23Sc2c(cccc21)C=[N+]3c1ccccc1. The highest BCUT2D eigenvalue weighted by Crippen LogP contribution is 2.58. The minimum atomic E-state index is -0.433. The molecule has 0 N–H and O–H groups in total. The van der Waals surface area contributed by atoms with Crippen molar-refractivity contribution in [1.82, 2.24) is 0 Å². The maximum Gasteiger partial charge on any atom is 0.470 e. The molecule has 4 aromatic carbocycles. The minimum Gasteiger partial charge on any atom is -0.114 e. The molecule has 0 saturated carbocycles. The van der Waals surface area contributed by atoms with E-state index in [4.69, 9.17) is 0 Å². The molecule has 0 saturated heterocycles. The molecule has 0 aliphatic carbocycles. The van der Waals surface area contributed by atoms with E-state index in [0.29, 0.717) is 0 Å². The monoisotopic (exact) mass is 476 g/mol. The van der Waals surface area contributed by atoms with Crippen molar-refractivity contribution in [2.24, 2.45) is 0 Å². The third-order valence-electron chi connectivity index (χ3n) is 7.14. The van der Waals surface area contributed by atoms with Crippen molar-refractivity contribution in [2.75, 3.05) is 0 Å². The lowest BCUT2D eigenvalue weighted by molar-refractivity contribution is -0.689. The first kappa shape index (κ1) is 20.3. The lowest BCUT2D eigenvalue weighted by Gasteiger charge is -2.33. The Morgan fingerprint density at radius 1 is 0.618 bits per heavy atom. The second-order valence-corrected chi connectivity index (χ2v) is 12.2. The highest BCUT2D eigenvalue weighted by molar-refractivity contribution is 8.17. The molecule has 3 aliphatic heterocycles. The van der Waals surface area contributed by atoms with Crippen molar-refractivity contribution in [2.45, 2.75) is 33.4 Å². The summed E-state index contributed by atoms with van der Waals surface area (Å²) < 4.78 is 4.52. The summed E-state index contributed by atoms with van der Waals surface area (Å²) in [5.74, 6) is 0. The first-order chi connectivity index (χ1) is 16.6. The van der Waals surface area contributed by atoms with E-state index >= 15 is 0 Å². The summed E-state index contributed by atoms with van der Waals surface area (Å²) in [6.45, 7) is 4.71. The number of fused-ring (bicyclic) bond motifs is 4. The number of para-hydroxylation sites is 1. The Bertz CT molecular complexity index is 1530. The van der Waals surface area contributed by atoms with Crippen molar-refractivity contribution in [1.29, 1.82) is 0 Å². The smallest absolute Gasteiger partial charge is 0.114 e. The standard InChI is InChI=1S/C30H24N2S2/c1-29(2)23-12-9-15-25(18-23)32-19-21-10-6-7-17-27(21)33-30(32)31(24-13-4-3-5-14-24)20-22-11-8-16-26(29)28(22)34-30/h3-20H,1-2H3/q+2. The normalized spacial score (nSPS) is 21.1. The number of hydrogen-bond donors (Lipinski definition) is 0. The van der Waals surface area contributed by atoms with Crippen molar-refractivity contribution in [3.63, 3.8) is 0 Å². The van der Waals surface area contributed by atoms with Crippen LogP contribution in [0.25, 0.3) is 0 Å². The molecule has 7 rings (SSSR count). The van der Waals surface area contributed by atoms with Gasteiger partial charge in [0.1, 0.15) is 0 Å². The molecule has 1 unspecified atom stereocenters. The molecule has 4 bridgehead atoms. The van der Waals surface area contributed by atoms with Crippen LogP contribution in [0.2, 0.25) is 0 Å². The number of hydrogen-bond acceptors (Lipinski definition) is 2. The summed E-state index contributed by atoms with van der Waals surface area (Å²) in [6.07, 6.45) is 4.70. The minimum absolute atomic E-state index is 0.107. The Kier molecular flexibility index (Phi) is 4.31. The zero-order valence-electron chi connectivity index (χ0n) is 19.1. The second kappa shape index (κ2) is 7.21. The predicted octanol–water partition coefficient (Wildman–Crippen LogP) is 7.38. The molecule has 4 heteroatoms. The van der Waals surface area contributed by atoms with Gasteiger partial charge in [0, 0.05) is 63.0 Å². The van der Waals surface area contributed by atoms with E-state index in [1.165, 1.54) is 43.4 Å². The van der Waals surface area contributed by atoms with Crippen LogP contribution in [-0.2, 0) is 5.41 Å². The zero-order chi connectivity index (χ0) is 22.9. The second-order valence-electron chi connectivity index (χ2n) is 9.52. The molecule has 0 amide bonds. The molecule has 4 aromatic rings. The van der Waals surface area contributed by atoms with E-state index in [1.54, 1.807) is 0 Å². The van der Waals surface area contributed by atoms with Gasteiger partial charge >= 0.3 is 4.33 Å². The van der Waals surface area contributed by atoms with E-state index in [-0.39, 0.29) is 5.41 Å². The zero-order valence-corrected chi connectivity index (χ0v) is 20.7. The van der Waals surface area contributed by atoms with Gasteiger partial charge in [-0.1, -0.05) is 68.4 Å². The summed E-state index contributed by atoms with van der Waals surface area (Å²) in [6, 6.07) is 35.4. The summed E-state index contributed by atoms with van der Waals surface area (Å²) >= 11 is 3.91. The molecule has 0 fully saturated rings. The molecule has 3 aliphatic rings. The van der Waals surface area contributed by atoms with Gasteiger partial charge in [-0.2, -0.15) is 0 Å². The fourth-order valence-electron chi connectivity index (χ4n) is 5.26. The van der Waals surface area contributed by atoms with Crippen LogP contribution in [0.5, 0.6) is 0 Å². The highest BCUT2D eigenvalue weighted by Gasteiger charge is 2.62. The number of nitrogens with zero attached hydrogens (tertiary/aromatic N) is 2. The van der Waals surface area contributed by atoms with Crippen LogP contribution in [0, 0.1) is 0 Å². The average Bonchev–Trinajstić information content (AvgIpc) is 2.89. The third-order valence-corrected chi connectivity index (χ3v) is 10.2. The predicted molar refractivity (Wildman–Crippen MR) is 143 cm³/mol. The van der Waals surface area contributed by atoms with Gasteiger partial charge in [0.25, 0.3) is 0 Å². The van der Waals surface area contributed by atoms with E-state index in [0.717, 1.165) is 0 Å². The van der Waals surface area contributed by atoms with Gasteiger partial charge < -0.3 is 0 Å². The molecule has 0 aromatic heterocycles. The van der Waals surface area contributed by atoms with Crippen LogP contribution in [0.4, 0.5) is 11.4 Å². The van der Waals surface area contributed by atoms with Crippen LogP contribution >= 0.6 is 23.5 Å². The van der Waals surface area contributed by atoms with Crippen LogP contribution in [-0.4, -0.2) is 25.9 Å². The van der Waals surface area contributed by atoms with Gasteiger partial charge in [-0.15, -0.1) is 9.15 Å². The first-order valence-electron chi connectivity index (χ1n) is 11.6. The van der Waals surface area contributed by atoms with Gasteiger partial charge in [-0.25, -0.2) is 0 Å². The molecule has 0 radical (unpaired) electrons. The lowest BCUT2D eigenvalue weighted by atomic mass is 9.77. The number of rotatable bonds is 1. The Morgan fingerprint density at radius 2 is 1.29 bits per heavy atom. The maximum atomic E-state index is 2.48. The molecule has 1 atom stereocenters. The molecule has 1 spiro atoms. The maximum absolute atomic E-state index is 2.48. The number of benzene rings is 4. The van der Waals surface area contributed by atoms with Gasteiger partial charge in [0.15, 0.2) is 12.4 Å². The Hall–Kier alpha value is -3.08. The van der Waals surface area contributed by atoms with Crippen molar-refractivity contribution in [3.05, 3.63) is 119 Å². The largest absolute Gasteiger partial charge is 0.470 e. The topological polar surface area (TPSA) is 6.02 Å².